The molecule has 9 heteroatoms. The van der Waals surface area contributed by atoms with E-state index in [-0.39, 0.29) is 11.3 Å². The lowest BCUT2D eigenvalue weighted by Gasteiger charge is -2.16. The molecule has 1 heterocycles. The Balaban J connectivity index is 2.37. The maximum atomic E-state index is 14.0. The van der Waals surface area contributed by atoms with Gasteiger partial charge in [0.2, 0.25) is 5.82 Å². The van der Waals surface area contributed by atoms with E-state index in [1.807, 2.05) is 0 Å². The van der Waals surface area contributed by atoms with Crippen molar-refractivity contribution >= 4 is 11.9 Å². The van der Waals surface area contributed by atoms with Crippen LogP contribution in [0, 0.1) is 25.5 Å². The lowest BCUT2D eigenvalue weighted by atomic mass is 10.0. The minimum absolute atomic E-state index is 0.255. The lowest BCUT2D eigenvalue weighted by molar-refractivity contribution is -0.139. The zero-order valence-corrected chi connectivity index (χ0v) is 13.1. The van der Waals surface area contributed by atoms with Gasteiger partial charge in [0, 0.05) is 11.3 Å². The number of methoxy groups -OCH3 is 1. The van der Waals surface area contributed by atoms with E-state index < -0.39 is 35.1 Å². The van der Waals surface area contributed by atoms with Crippen LogP contribution in [0.15, 0.2) is 12.1 Å². The van der Waals surface area contributed by atoms with E-state index in [0.717, 1.165) is 19.2 Å². The van der Waals surface area contributed by atoms with E-state index in [1.54, 1.807) is 13.8 Å². The summed E-state index contributed by atoms with van der Waals surface area (Å²) in [5, 5.41) is 18.0. The third kappa shape index (κ3) is 3.05. The summed E-state index contributed by atoms with van der Waals surface area (Å²) in [4.78, 5) is 23.7. The Morgan fingerprint density at radius 1 is 1.29 bits per heavy atom. The van der Waals surface area contributed by atoms with Crippen molar-refractivity contribution in [1.82, 2.24) is 15.5 Å². The smallest absolute Gasteiger partial charge is 0.331 e. The molecule has 0 radical (unpaired) electrons. The highest BCUT2D eigenvalue weighted by Gasteiger charge is 2.29. The number of aryl methyl sites for hydroxylation is 2. The van der Waals surface area contributed by atoms with E-state index in [4.69, 9.17) is 0 Å². The molecule has 0 aliphatic rings. The van der Waals surface area contributed by atoms with Crippen LogP contribution in [0.3, 0.4) is 0 Å². The average Bonchev–Trinajstić information content (AvgIpc) is 2.86. The molecule has 0 bridgehead atoms. The van der Waals surface area contributed by atoms with Crippen molar-refractivity contribution in [1.29, 1.82) is 0 Å². The van der Waals surface area contributed by atoms with Crippen molar-refractivity contribution in [3.63, 3.8) is 0 Å². The van der Waals surface area contributed by atoms with Crippen LogP contribution in [0.5, 0.6) is 5.75 Å². The maximum Gasteiger partial charge on any atom is 0.331 e. The summed E-state index contributed by atoms with van der Waals surface area (Å²) in [6.45, 7) is 3.15. The average molecular weight is 339 g/mol. The van der Waals surface area contributed by atoms with Gasteiger partial charge in [-0.15, -0.1) is 0 Å². The number of rotatable bonds is 5. The van der Waals surface area contributed by atoms with Gasteiger partial charge in [-0.2, -0.15) is 9.49 Å². The fourth-order valence-corrected chi connectivity index (χ4v) is 2.32. The van der Waals surface area contributed by atoms with Crippen molar-refractivity contribution in [2.45, 2.75) is 19.9 Å². The van der Waals surface area contributed by atoms with Crippen LogP contribution < -0.4 is 10.1 Å². The molecular formula is C15H15F2N3O4. The number of amides is 1. The second-order valence-electron chi connectivity index (χ2n) is 5.04. The highest BCUT2D eigenvalue weighted by molar-refractivity contribution is 5.97. The third-order valence-electron chi connectivity index (χ3n) is 3.51. The van der Waals surface area contributed by atoms with Crippen LogP contribution in [0.2, 0.25) is 0 Å². The van der Waals surface area contributed by atoms with Crippen LogP contribution in [0.1, 0.15) is 33.4 Å². The Bertz CT molecular complexity index is 785. The number of hydrogen-bond donors (Lipinski definition) is 3. The van der Waals surface area contributed by atoms with Gasteiger partial charge in [0.25, 0.3) is 5.91 Å². The number of carbonyl (C=O) groups is 2. The van der Waals surface area contributed by atoms with E-state index in [0.29, 0.717) is 11.4 Å². The zero-order valence-electron chi connectivity index (χ0n) is 13.1. The molecule has 1 amide bonds. The van der Waals surface area contributed by atoms with Gasteiger partial charge in [-0.05, 0) is 26.0 Å². The highest BCUT2D eigenvalue weighted by atomic mass is 19.2. The van der Waals surface area contributed by atoms with Crippen molar-refractivity contribution in [3.8, 4) is 5.75 Å². The normalized spacial score (nSPS) is 11.9. The summed E-state index contributed by atoms with van der Waals surface area (Å²) < 4.78 is 32.3. The molecule has 0 unspecified atom stereocenters. The van der Waals surface area contributed by atoms with Crippen molar-refractivity contribution in [2.24, 2.45) is 0 Å². The monoisotopic (exact) mass is 339 g/mol. The van der Waals surface area contributed by atoms with Crippen molar-refractivity contribution < 1.29 is 28.2 Å². The summed E-state index contributed by atoms with van der Waals surface area (Å²) in [6.07, 6.45) is 0. The standard InChI is InChI=1S/C15H15F2N3O4/c1-6-10(7(2)20-19-6)13(15(22)23)18-14(21)8-4-5-9(24-3)12(17)11(8)16/h4-5,13H,1-3H3,(H,18,21)(H,19,20)(H,22,23)/t13-/m1/s1. The quantitative estimate of drug-likeness (QED) is 0.771. The molecule has 2 rings (SSSR count). The molecular weight excluding hydrogens is 324 g/mol. The van der Waals surface area contributed by atoms with Gasteiger partial charge in [-0.1, -0.05) is 0 Å². The summed E-state index contributed by atoms with van der Waals surface area (Å²) in [5.74, 6) is -5.53. The number of carbonyl (C=O) groups excluding carboxylic acids is 1. The molecule has 0 fully saturated rings. The van der Waals surface area contributed by atoms with Crippen LogP contribution in [-0.2, 0) is 4.79 Å². The Hall–Kier alpha value is -2.97. The van der Waals surface area contributed by atoms with Crippen LogP contribution in [-0.4, -0.2) is 34.3 Å². The number of carboxylic acids is 1. The number of H-pyrrole nitrogens is 1. The van der Waals surface area contributed by atoms with Gasteiger partial charge in [0.05, 0.1) is 18.4 Å². The molecule has 1 aromatic carbocycles. The summed E-state index contributed by atoms with van der Waals surface area (Å²) >= 11 is 0. The molecule has 3 N–H and O–H groups in total. The Morgan fingerprint density at radius 2 is 1.96 bits per heavy atom. The minimum atomic E-state index is -1.46. The largest absolute Gasteiger partial charge is 0.494 e. The molecule has 7 nitrogen and oxygen atoms in total. The fourth-order valence-electron chi connectivity index (χ4n) is 2.32. The first-order valence-electron chi connectivity index (χ1n) is 6.85. The van der Waals surface area contributed by atoms with Crippen molar-refractivity contribution in [3.05, 3.63) is 46.3 Å². The van der Waals surface area contributed by atoms with Crippen LogP contribution in [0.25, 0.3) is 0 Å². The number of hydrogen-bond acceptors (Lipinski definition) is 4. The van der Waals surface area contributed by atoms with Crippen molar-refractivity contribution in [2.75, 3.05) is 7.11 Å². The van der Waals surface area contributed by atoms with Gasteiger partial charge < -0.3 is 15.2 Å². The molecule has 1 atom stereocenters. The molecule has 2 aromatic rings. The fraction of sp³-hybridized carbons (Fsp3) is 0.267. The molecule has 24 heavy (non-hydrogen) atoms. The summed E-state index contributed by atoms with van der Waals surface area (Å²) in [7, 11) is 1.16. The first kappa shape index (κ1) is 17.4. The lowest BCUT2D eigenvalue weighted by Crippen LogP contribution is -2.35. The first-order valence-corrected chi connectivity index (χ1v) is 6.85. The number of halogens is 2. The van der Waals surface area contributed by atoms with Gasteiger partial charge in [-0.25, -0.2) is 9.18 Å². The predicted octanol–water partition coefficient (Wildman–Crippen LogP) is 1.87. The highest BCUT2D eigenvalue weighted by Crippen LogP contribution is 2.24. The van der Waals surface area contributed by atoms with E-state index >= 15 is 0 Å². The number of nitrogens with zero attached hydrogens (tertiary/aromatic N) is 1. The zero-order chi connectivity index (χ0) is 18.0. The third-order valence-corrected chi connectivity index (χ3v) is 3.51. The molecule has 0 aliphatic carbocycles. The molecule has 128 valence electrons. The molecule has 0 aliphatic heterocycles. The maximum absolute atomic E-state index is 14.0. The minimum Gasteiger partial charge on any atom is -0.494 e. The number of ether oxygens (including phenoxy) is 1. The summed E-state index contributed by atoms with van der Waals surface area (Å²) in [6, 6.07) is 0.638. The number of aliphatic carboxylic acids is 1. The Morgan fingerprint density at radius 3 is 2.46 bits per heavy atom. The van der Waals surface area contributed by atoms with Gasteiger partial charge in [0.1, 0.15) is 0 Å². The number of aromatic nitrogens is 2. The van der Waals surface area contributed by atoms with E-state index in [9.17, 15) is 23.5 Å². The molecule has 0 saturated heterocycles. The number of benzene rings is 1. The van der Waals surface area contributed by atoms with Gasteiger partial charge >= 0.3 is 5.97 Å². The topological polar surface area (TPSA) is 104 Å². The van der Waals surface area contributed by atoms with Gasteiger partial charge in [0.15, 0.2) is 17.6 Å². The second-order valence-corrected chi connectivity index (χ2v) is 5.04. The first-order chi connectivity index (χ1) is 11.3. The molecule has 0 saturated carbocycles. The summed E-state index contributed by atoms with van der Waals surface area (Å²) in [5.41, 5.74) is 0.451. The van der Waals surface area contributed by atoms with Crippen LogP contribution in [0.4, 0.5) is 8.78 Å². The number of carboxylic acid groups (broad SMARTS) is 1. The number of nitrogens with one attached hydrogen (secondary N) is 2. The number of aromatic amines is 1. The predicted molar refractivity (Wildman–Crippen MR) is 78.8 cm³/mol. The van der Waals surface area contributed by atoms with E-state index in [2.05, 4.69) is 20.3 Å². The Labute approximate surface area is 135 Å². The molecule has 1 aromatic heterocycles. The van der Waals surface area contributed by atoms with Gasteiger partial charge in [-0.3, -0.25) is 9.89 Å². The SMILES string of the molecule is COc1ccc(C(=O)N[C@@H](C(=O)O)c2c(C)n[nH]c2C)c(F)c1F. The second kappa shape index (κ2) is 6.65. The van der Waals surface area contributed by atoms with E-state index in [1.165, 1.54) is 0 Å². The molecule has 0 spiro atoms. The van der Waals surface area contributed by atoms with Crippen LogP contribution >= 0.6 is 0 Å². The Kier molecular flexibility index (Phi) is 4.82.